The number of fused-ring (bicyclic) bond motifs is 1. The van der Waals surface area contributed by atoms with Crippen LogP contribution in [0.15, 0.2) is 18.2 Å². The number of rotatable bonds is 2. The van der Waals surface area contributed by atoms with Gasteiger partial charge in [-0.1, -0.05) is 0 Å². The minimum atomic E-state index is -0.515. The van der Waals surface area contributed by atoms with E-state index in [-0.39, 0.29) is 23.8 Å². The number of carbonyl (C=O) groups is 1. The second-order valence-electron chi connectivity index (χ2n) is 5.88. The predicted molar refractivity (Wildman–Crippen MR) is 79.6 cm³/mol. The van der Waals surface area contributed by atoms with Crippen molar-refractivity contribution in [1.29, 1.82) is 0 Å². The van der Waals surface area contributed by atoms with Crippen molar-refractivity contribution >= 4 is 5.91 Å². The Morgan fingerprint density at radius 3 is 2.95 bits per heavy atom. The fourth-order valence-corrected chi connectivity index (χ4v) is 3.25. The fraction of sp³-hybridized carbons (Fsp3) is 0.562. The number of benzene rings is 1. The zero-order chi connectivity index (χ0) is 15.7. The van der Waals surface area contributed by atoms with Gasteiger partial charge in [0.15, 0.2) is 11.6 Å². The van der Waals surface area contributed by atoms with Crippen molar-refractivity contribution in [3.8, 4) is 5.75 Å². The molecule has 6 heteroatoms. The van der Waals surface area contributed by atoms with E-state index >= 15 is 0 Å². The van der Waals surface area contributed by atoms with Gasteiger partial charge in [0.1, 0.15) is 0 Å². The van der Waals surface area contributed by atoms with E-state index in [1.54, 1.807) is 6.07 Å². The Morgan fingerprint density at radius 2 is 2.23 bits per heavy atom. The molecular weight excluding hydrogens is 287 g/mol. The molecule has 1 amide bonds. The Bertz CT molecular complexity index is 566. The zero-order valence-electron chi connectivity index (χ0n) is 12.9. The number of likely N-dealkylation sites (N-methyl/N-ethyl adjacent to an activating group) is 1. The molecular formula is C16H21FN2O3. The van der Waals surface area contributed by atoms with Crippen molar-refractivity contribution in [1.82, 2.24) is 9.80 Å². The van der Waals surface area contributed by atoms with Gasteiger partial charge in [-0.25, -0.2) is 4.39 Å². The van der Waals surface area contributed by atoms with Crippen molar-refractivity contribution in [3.63, 3.8) is 0 Å². The van der Waals surface area contributed by atoms with Crippen LogP contribution in [0.25, 0.3) is 0 Å². The third-order valence-corrected chi connectivity index (χ3v) is 4.45. The van der Waals surface area contributed by atoms with E-state index in [0.29, 0.717) is 18.7 Å². The summed E-state index contributed by atoms with van der Waals surface area (Å²) in [7, 11) is 3.45. The molecule has 2 aliphatic heterocycles. The summed E-state index contributed by atoms with van der Waals surface area (Å²) in [5, 5.41) is 0. The number of hydrogen-bond donors (Lipinski definition) is 0. The van der Waals surface area contributed by atoms with Gasteiger partial charge in [0.2, 0.25) is 0 Å². The number of carbonyl (C=O) groups excluding carboxylic acids is 1. The van der Waals surface area contributed by atoms with Crippen LogP contribution >= 0.6 is 0 Å². The zero-order valence-corrected chi connectivity index (χ0v) is 12.9. The Morgan fingerprint density at radius 1 is 1.41 bits per heavy atom. The summed E-state index contributed by atoms with van der Waals surface area (Å²) < 4.78 is 24.5. The first kappa shape index (κ1) is 15.2. The number of piperidine rings is 1. The third-order valence-electron chi connectivity index (χ3n) is 4.45. The molecule has 1 aromatic carbocycles. The van der Waals surface area contributed by atoms with Gasteiger partial charge in [-0.2, -0.15) is 0 Å². The molecule has 0 aliphatic carbocycles. The molecule has 0 bridgehead atoms. The largest absolute Gasteiger partial charge is 0.494 e. The van der Waals surface area contributed by atoms with Crippen LogP contribution in [0.2, 0.25) is 0 Å². The fourth-order valence-electron chi connectivity index (χ4n) is 3.25. The van der Waals surface area contributed by atoms with Crippen LogP contribution in [0.5, 0.6) is 5.75 Å². The maximum atomic E-state index is 13.8. The van der Waals surface area contributed by atoms with Gasteiger partial charge in [0.05, 0.1) is 25.9 Å². The second kappa shape index (κ2) is 6.22. The maximum Gasteiger partial charge on any atom is 0.254 e. The lowest BCUT2D eigenvalue weighted by Gasteiger charge is -2.46. The normalized spacial score (nSPS) is 25.7. The molecule has 3 rings (SSSR count). The molecule has 2 unspecified atom stereocenters. The van der Waals surface area contributed by atoms with Gasteiger partial charge in [-0.3, -0.25) is 4.79 Å². The highest BCUT2D eigenvalue weighted by molar-refractivity contribution is 5.94. The SMILES string of the molecule is COc1ccc(C(=O)N2CCOC3CCN(C)CC32)cc1F. The van der Waals surface area contributed by atoms with E-state index < -0.39 is 5.82 Å². The van der Waals surface area contributed by atoms with Crippen LogP contribution in [0.4, 0.5) is 4.39 Å². The number of halogens is 1. The average Bonchev–Trinajstić information content (AvgIpc) is 2.53. The second-order valence-corrected chi connectivity index (χ2v) is 5.88. The number of hydrogen-bond acceptors (Lipinski definition) is 4. The Kier molecular flexibility index (Phi) is 4.31. The lowest BCUT2D eigenvalue weighted by atomic mass is 9.98. The smallest absolute Gasteiger partial charge is 0.254 e. The summed E-state index contributed by atoms with van der Waals surface area (Å²) in [6.07, 6.45) is 0.999. The van der Waals surface area contributed by atoms with Gasteiger partial charge in [0, 0.05) is 25.2 Å². The van der Waals surface area contributed by atoms with Gasteiger partial charge in [0.25, 0.3) is 5.91 Å². The number of ether oxygens (including phenoxy) is 2. The highest BCUT2D eigenvalue weighted by Gasteiger charge is 2.38. The summed E-state index contributed by atoms with van der Waals surface area (Å²) in [5.41, 5.74) is 0.354. The molecule has 2 heterocycles. The molecule has 2 atom stereocenters. The molecule has 22 heavy (non-hydrogen) atoms. The first-order chi connectivity index (χ1) is 10.6. The standard InChI is InChI=1S/C16H21FN2O3/c1-18-6-5-15-13(10-18)19(7-8-22-15)16(20)11-3-4-14(21-2)12(17)9-11/h3-4,9,13,15H,5-8,10H2,1-2H3. The highest BCUT2D eigenvalue weighted by atomic mass is 19.1. The molecule has 2 aliphatic rings. The van der Waals surface area contributed by atoms with E-state index in [1.165, 1.54) is 19.2 Å². The molecule has 2 fully saturated rings. The van der Waals surface area contributed by atoms with Crippen molar-refractivity contribution in [2.24, 2.45) is 0 Å². The maximum absolute atomic E-state index is 13.8. The monoisotopic (exact) mass is 308 g/mol. The van der Waals surface area contributed by atoms with Gasteiger partial charge in [-0.15, -0.1) is 0 Å². The highest BCUT2D eigenvalue weighted by Crippen LogP contribution is 2.25. The molecule has 0 radical (unpaired) electrons. The van der Waals surface area contributed by atoms with Crippen LogP contribution < -0.4 is 4.74 Å². The molecule has 120 valence electrons. The molecule has 0 saturated carbocycles. The first-order valence-electron chi connectivity index (χ1n) is 7.55. The molecule has 2 saturated heterocycles. The minimum Gasteiger partial charge on any atom is -0.494 e. The van der Waals surface area contributed by atoms with Crippen molar-refractivity contribution in [2.45, 2.75) is 18.6 Å². The quantitative estimate of drug-likeness (QED) is 0.828. The van der Waals surface area contributed by atoms with E-state index in [0.717, 1.165) is 19.5 Å². The topological polar surface area (TPSA) is 42.0 Å². The molecule has 0 spiro atoms. The molecule has 5 nitrogen and oxygen atoms in total. The number of amides is 1. The van der Waals surface area contributed by atoms with Crippen molar-refractivity contribution in [2.75, 3.05) is 40.4 Å². The third kappa shape index (κ3) is 2.80. The number of nitrogens with zero attached hydrogens (tertiary/aromatic N) is 2. The van der Waals surface area contributed by atoms with E-state index in [2.05, 4.69) is 4.90 Å². The predicted octanol–water partition coefficient (Wildman–Crippen LogP) is 1.38. The lowest BCUT2D eigenvalue weighted by Crippen LogP contribution is -2.60. The van der Waals surface area contributed by atoms with Crippen LogP contribution in [0, 0.1) is 5.82 Å². The van der Waals surface area contributed by atoms with Crippen LogP contribution in [0.3, 0.4) is 0 Å². The number of methoxy groups -OCH3 is 1. The minimum absolute atomic E-state index is 0.0326. The molecule has 1 aromatic rings. The van der Waals surface area contributed by atoms with Crippen LogP contribution in [0.1, 0.15) is 16.8 Å². The average molecular weight is 308 g/mol. The van der Waals surface area contributed by atoms with Gasteiger partial charge >= 0.3 is 0 Å². The Balaban J connectivity index is 1.82. The van der Waals surface area contributed by atoms with Gasteiger partial charge in [-0.05, 0) is 31.7 Å². The lowest BCUT2D eigenvalue weighted by molar-refractivity contribution is -0.0869. The van der Waals surface area contributed by atoms with Crippen molar-refractivity contribution in [3.05, 3.63) is 29.6 Å². The number of likely N-dealkylation sites (tertiary alicyclic amines) is 1. The molecule has 0 aromatic heterocycles. The van der Waals surface area contributed by atoms with Crippen LogP contribution in [-0.2, 0) is 4.74 Å². The van der Waals surface area contributed by atoms with Crippen LogP contribution in [-0.4, -0.2) is 68.3 Å². The summed E-state index contributed by atoms with van der Waals surface area (Å²) in [6.45, 7) is 2.84. The number of morpholine rings is 1. The van der Waals surface area contributed by atoms with E-state index in [1.807, 2.05) is 11.9 Å². The van der Waals surface area contributed by atoms with Gasteiger partial charge < -0.3 is 19.3 Å². The summed E-state index contributed by atoms with van der Waals surface area (Å²) in [6, 6.07) is 4.39. The van der Waals surface area contributed by atoms with E-state index in [9.17, 15) is 9.18 Å². The van der Waals surface area contributed by atoms with Crippen molar-refractivity contribution < 1.29 is 18.7 Å². The summed E-state index contributed by atoms with van der Waals surface area (Å²) in [4.78, 5) is 16.8. The summed E-state index contributed by atoms with van der Waals surface area (Å²) in [5.74, 6) is -0.511. The Hall–Kier alpha value is -1.66. The molecule has 0 N–H and O–H groups in total. The first-order valence-corrected chi connectivity index (χ1v) is 7.55. The summed E-state index contributed by atoms with van der Waals surface area (Å²) >= 11 is 0. The van der Waals surface area contributed by atoms with E-state index in [4.69, 9.17) is 9.47 Å². The Labute approximate surface area is 129 Å².